The van der Waals surface area contributed by atoms with Gasteiger partial charge in [0, 0.05) is 24.3 Å². The second kappa shape index (κ2) is 10.3. The molecule has 6 aliphatic rings. The molecule has 4 aromatic carbocycles. The van der Waals surface area contributed by atoms with Crippen LogP contribution in [-0.2, 0) is 5.91 Å². The van der Waals surface area contributed by atoms with Gasteiger partial charge in [-0.05, 0) is 46.5 Å². The lowest BCUT2D eigenvalue weighted by Crippen LogP contribution is -2.71. The van der Waals surface area contributed by atoms with Gasteiger partial charge in [0.2, 0.25) is 22.8 Å². The van der Waals surface area contributed by atoms with Gasteiger partial charge in [-0.15, -0.1) is 0 Å². The molecular weight excluding hydrogens is 619 g/mol. The van der Waals surface area contributed by atoms with Crippen molar-refractivity contribution in [2.45, 2.75) is 12.7 Å². The van der Waals surface area contributed by atoms with E-state index in [0.717, 1.165) is 0 Å². The predicted octanol–water partition coefficient (Wildman–Crippen LogP) is 6.63. The van der Waals surface area contributed by atoms with E-state index >= 15 is 0 Å². The molecule has 0 bridgehead atoms. The maximum Gasteiger partial charge on any atom is 0.553 e. The van der Waals surface area contributed by atoms with Gasteiger partial charge in [-0.1, -0.05) is 137 Å². The monoisotopic (exact) mass is 650 g/mol. The molecule has 0 saturated carbocycles. The maximum atomic E-state index is 4.50. The van der Waals surface area contributed by atoms with Crippen molar-refractivity contribution in [1.82, 2.24) is 9.13 Å². The average Bonchev–Trinajstić information content (AvgIpc) is 4.03. The lowest BCUT2D eigenvalue weighted by Gasteiger charge is -2.41. The first-order chi connectivity index (χ1) is 25.4. The van der Waals surface area contributed by atoms with E-state index in [1.54, 1.807) is 0 Å². The fourth-order valence-electron chi connectivity index (χ4n) is 9.33. The third-order valence-electron chi connectivity index (χ3n) is 11.0. The molecule has 0 unspecified atom stereocenters. The summed E-state index contributed by atoms with van der Waals surface area (Å²) in [6.45, 7) is 1.50. The van der Waals surface area contributed by atoms with Crippen LogP contribution >= 0.6 is 0 Å². The standard InChI is InChI=1S/C45H28N4.CH3B/c1-5-13-29(14-6-1)41-33-21-23-35-42(30-15-7-2-8-16-30)37-25-27-39-44(32-19-11-4-12-20-32)40-28-26-38-43(31-17-9-3-10-18-31)36-24-22-34(41)47(36)45(46(33)35,48(37)39)49(38)40;1-2/h1-28H;1H3/q+2;. The number of benzene rings is 4. The van der Waals surface area contributed by atoms with E-state index in [-0.39, 0.29) is 0 Å². The molecule has 4 nitrogen and oxygen atoms in total. The van der Waals surface area contributed by atoms with Gasteiger partial charge in [0.15, 0.2) is 0 Å². The summed E-state index contributed by atoms with van der Waals surface area (Å²) in [5, 5.41) is 2.43. The van der Waals surface area contributed by atoms with Gasteiger partial charge in [0.25, 0.3) is 0 Å². The summed E-state index contributed by atoms with van der Waals surface area (Å²) < 4.78 is 10.6. The predicted molar refractivity (Wildman–Crippen MR) is 205 cm³/mol. The van der Waals surface area contributed by atoms with E-state index in [2.05, 4.69) is 196 Å². The van der Waals surface area contributed by atoms with Crippen LogP contribution in [0.25, 0.3) is 22.3 Å². The van der Waals surface area contributed by atoms with Gasteiger partial charge in [-0.3, -0.25) is 0 Å². The van der Waals surface area contributed by atoms with Crippen molar-refractivity contribution in [2.75, 3.05) is 0 Å². The number of nitrogens with zero attached hydrogens (tertiary/aromatic N) is 4. The van der Waals surface area contributed by atoms with Crippen molar-refractivity contribution < 1.29 is 9.15 Å². The number of rotatable bonds is 4. The first-order valence-corrected chi connectivity index (χ1v) is 17.5. The number of hydrogen-bond donors (Lipinski definition) is 0. The quantitative estimate of drug-likeness (QED) is 0.151. The molecular formula is C46H31BN4+2. The minimum Gasteiger partial charge on any atom is -0.198 e. The number of aromatic nitrogens is 2. The molecule has 51 heavy (non-hydrogen) atoms. The third-order valence-corrected chi connectivity index (χ3v) is 11.0. The summed E-state index contributed by atoms with van der Waals surface area (Å²) in [5.74, 6) is -0.752. The fraction of sp³-hybridized carbons (Fsp3) is 0.0435. The highest BCUT2D eigenvalue weighted by Crippen LogP contribution is 2.52. The minimum absolute atomic E-state index is 0.752. The Hall–Kier alpha value is -6.46. The maximum absolute atomic E-state index is 4.50. The molecule has 0 amide bonds. The Bertz CT molecular complexity index is 2640. The Morgan fingerprint density at radius 2 is 0.745 bits per heavy atom. The van der Waals surface area contributed by atoms with Crippen molar-refractivity contribution in [3.05, 3.63) is 226 Å². The summed E-state index contributed by atoms with van der Waals surface area (Å²) in [6, 6.07) is 53.1. The molecule has 2 aromatic heterocycles. The van der Waals surface area contributed by atoms with Gasteiger partial charge >= 0.3 is 5.91 Å². The Labute approximate surface area is 297 Å². The molecule has 0 aliphatic carbocycles. The SMILES string of the molecule is C1=CC2=[N+]3C1=C(c1ccccc1)c1ccc4n1C31n3c(ccc3=C(c3ccccc3)C3=[N+]1C(=C4c1ccccc1)C=C3)=C2c1ccccc1.[B]C. The van der Waals surface area contributed by atoms with Crippen LogP contribution in [0.1, 0.15) is 33.6 Å². The highest BCUT2D eigenvalue weighted by atomic mass is 15.6. The van der Waals surface area contributed by atoms with Crippen LogP contribution in [0, 0.1) is 0 Å². The largest absolute Gasteiger partial charge is 0.553 e. The summed E-state index contributed by atoms with van der Waals surface area (Å²) >= 11 is 0. The summed E-state index contributed by atoms with van der Waals surface area (Å²) in [5.41, 5.74) is 17.1. The molecule has 236 valence electrons. The Kier molecular flexibility index (Phi) is 5.72. The van der Waals surface area contributed by atoms with Crippen LogP contribution in [0.15, 0.2) is 181 Å². The van der Waals surface area contributed by atoms with Crippen LogP contribution in [0.5, 0.6) is 0 Å². The second-order valence-corrected chi connectivity index (χ2v) is 13.3. The molecule has 12 rings (SSSR count). The highest BCUT2D eigenvalue weighted by Gasteiger charge is 2.72. The van der Waals surface area contributed by atoms with Gasteiger partial charge in [0.05, 0.1) is 52.2 Å². The third kappa shape index (κ3) is 3.36. The van der Waals surface area contributed by atoms with E-state index in [0.29, 0.717) is 0 Å². The Balaban J connectivity index is 0.00000153. The van der Waals surface area contributed by atoms with Crippen LogP contribution < -0.4 is 10.7 Å². The molecule has 5 heteroatoms. The van der Waals surface area contributed by atoms with E-state index in [4.69, 9.17) is 0 Å². The van der Waals surface area contributed by atoms with Crippen molar-refractivity contribution in [3.8, 4) is 0 Å². The molecule has 6 aromatic rings. The summed E-state index contributed by atoms with van der Waals surface area (Å²) in [7, 11) is 4.50. The summed E-state index contributed by atoms with van der Waals surface area (Å²) in [6.07, 6.45) is 9.42. The van der Waals surface area contributed by atoms with Crippen LogP contribution in [0.3, 0.4) is 0 Å². The molecule has 8 heterocycles. The van der Waals surface area contributed by atoms with Crippen molar-refractivity contribution in [2.24, 2.45) is 0 Å². The zero-order chi connectivity index (χ0) is 33.8. The number of hydrogen-bond acceptors (Lipinski definition) is 0. The Morgan fingerprint density at radius 1 is 0.392 bits per heavy atom. The second-order valence-electron chi connectivity index (χ2n) is 13.3. The summed E-state index contributed by atoms with van der Waals surface area (Å²) in [4.78, 5) is 0. The zero-order valence-electron chi connectivity index (χ0n) is 28.0. The van der Waals surface area contributed by atoms with Gasteiger partial charge < -0.3 is 0 Å². The molecule has 0 atom stereocenters. The van der Waals surface area contributed by atoms with E-state index < -0.39 is 5.91 Å². The van der Waals surface area contributed by atoms with Gasteiger partial charge in [-0.2, -0.15) is 9.13 Å². The average molecular weight is 651 g/mol. The molecule has 1 spiro atoms. The molecule has 6 aliphatic heterocycles. The van der Waals surface area contributed by atoms with E-state index in [9.17, 15) is 0 Å². The molecule has 2 radical (unpaired) electrons. The molecule has 0 saturated heterocycles. The van der Waals surface area contributed by atoms with Crippen LogP contribution in [-0.4, -0.2) is 37.6 Å². The minimum atomic E-state index is -0.752. The molecule has 0 fully saturated rings. The van der Waals surface area contributed by atoms with Crippen molar-refractivity contribution in [1.29, 1.82) is 0 Å². The zero-order valence-corrected chi connectivity index (χ0v) is 28.0. The van der Waals surface area contributed by atoms with Crippen LogP contribution in [0.2, 0.25) is 6.82 Å². The topological polar surface area (TPSA) is 15.9 Å². The normalized spacial score (nSPS) is 17.6. The highest BCUT2D eigenvalue weighted by molar-refractivity contribution is 6.29. The van der Waals surface area contributed by atoms with E-state index in [1.807, 2.05) is 0 Å². The first kappa shape index (κ1) is 28.4. The number of allylic oxidation sites excluding steroid dienone is 4. The smallest absolute Gasteiger partial charge is 0.198 e. The fourth-order valence-corrected chi connectivity index (χ4v) is 9.33. The first-order valence-electron chi connectivity index (χ1n) is 17.5. The Morgan fingerprint density at radius 3 is 1.12 bits per heavy atom. The lowest BCUT2D eigenvalue weighted by atomic mass is 9.93. The van der Waals surface area contributed by atoms with Crippen molar-refractivity contribution >= 4 is 41.6 Å². The van der Waals surface area contributed by atoms with Gasteiger partial charge in [-0.25, -0.2) is 0 Å². The molecule has 0 N–H and O–H groups in total. The van der Waals surface area contributed by atoms with Crippen molar-refractivity contribution in [3.63, 3.8) is 0 Å². The lowest BCUT2D eigenvalue weighted by molar-refractivity contribution is -0.834. The van der Waals surface area contributed by atoms with Crippen LogP contribution in [0.4, 0.5) is 0 Å². The van der Waals surface area contributed by atoms with E-state index in [1.165, 1.54) is 96.3 Å². The van der Waals surface area contributed by atoms with Gasteiger partial charge in [0.1, 0.15) is 0 Å².